The van der Waals surface area contributed by atoms with Crippen molar-refractivity contribution in [2.75, 3.05) is 0 Å². The summed E-state index contributed by atoms with van der Waals surface area (Å²) in [4.78, 5) is 4.32. The predicted molar refractivity (Wildman–Crippen MR) is 73.1 cm³/mol. The number of rotatable bonds is 3. The molecular formula is C14H10FNO2S. The van der Waals surface area contributed by atoms with Gasteiger partial charge in [0, 0.05) is 6.07 Å². The van der Waals surface area contributed by atoms with Crippen LogP contribution in [0.2, 0.25) is 0 Å². The van der Waals surface area contributed by atoms with Gasteiger partial charge >= 0.3 is 0 Å². The zero-order valence-electron chi connectivity index (χ0n) is 9.84. The highest BCUT2D eigenvalue weighted by Crippen LogP contribution is 2.24. The number of thiazole rings is 1. The highest BCUT2D eigenvalue weighted by atomic mass is 32.1. The summed E-state index contributed by atoms with van der Waals surface area (Å²) < 4.78 is 19.3. The molecule has 0 aliphatic carbocycles. The molecule has 1 aromatic carbocycles. The number of furan rings is 1. The lowest BCUT2D eigenvalue weighted by Gasteiger charge is -1.86. The molecule has 5 heteroatoms. The fourth-order valence-corrected chi connectivity index (χ4v) is 2.56. The second-order valence-electron chi connectivity index (χ2n) is 3.96. The van der Waals surface area contributed by atoms with Gasteiger partial charge in [-0.05, 0) is 36.4 Å². The van der Waals surface area contributed by atoms with Crippen molar-refractivity contribution in [2.45, 2.75) is 6.61 Å². The number of fused-ring (bicyclic) bond motifs is 1. The molecule has 3 aromatic rings. The number of halogens is 1. The topological polar surface area (TPSA) is 46.3 Å². The first-order valence-corrected chi connectivity index (χ1v) is 6.50. The molecule has 0 aliphatic rings. The van der Waals surface area contributed by atoms with Crippen LogP contribution in [0.3, 0.4) is 0 Å². The van der Waals surface area contributed by atoms with Gasteiger partial charge in [-0.2, -0.15) is 0 Å². The smallest absolute Gasteiger partial charge is 0.130 e. The van der Waals surface area contributed by atoms with Gasteiger partial charge in [-0.1, -0.05) is 0 Å². The molecule has 3 nitrogen and oxygen atoms in total. The van der Waals surface area contributed by atoms with Crippen LogP contribution in [0.5, 0.6) is 0 Å². The fourth-order valence-electron chi connectivity index (χ4n) is 1.71. The molecule has 0 atom stereocenters. The Kier molecular flexibility index (Phi) is 3.15. The first-order chi connectivity index (χ1) is 9.24. The number of aliphatic hydroxyl groups excluding tert-OH is 1. The van der Waals surface area contributed by atoms with Crippen LogP contribution in [0.25, 0.3) is 22.4 Å². The highest BCUT2D eigenvalue weighted by molar-refractivity contribution is 7.19. The molecule has 2 heterocycles. The molecule has 1 N–H and O–H groups in total. The maximum Gasteiger partial charge on any atom is 0.130 e. The molecular weight excluding hydrogens is 265 g/mol. The maximum atomic E-state index is 13.0. The van der Waals surface area contributed by atoms with Crippen LogP contribution in [-0.2, 0) is 6.61 Å². The number of aromatic nitrogens is 1. The van der Waals surface area contributed by atoms with Crippen molar-refractivity contribution in [2.24, 2.45) is 0 Å². The molecule has 0 radical (unpaired) electrons. The van der Waals surface area contributed by atoms with Crippen molar-refractivity contribution < 1.29 is 13.9 Å². The van der Waals surface area contributed by atoms with E-state index < -0.39 is 0 Å². The second kappa shape index (κ2) is 4.95. The van der Waals surface area contributed by atoms with Gasteiger partial charge in [0.05, 0.1) is 10.2 Å². The summed E-state index contributed by atoms with van der Waals surface area (Å²) in [5.41, 5.74) is 0.653. The van der Waals surface area contributed by atoms with Crippen molar-refractivity contribution >= 4 is 33.7 Å². The molecule has 0 amide bonds. The average Bonchev–Trinajstić information content (AvgIpc) is 3.01. The highest BCUT2D eigenvalue weighted by Gasteiger charge is 2.03. The molecule has 19 heavy (non-hydrogen) atoms. The van der Waals surface area contributed by atoms with Gasteiger partial charge in [-0.15, -0.1) is 11.3 Å². The summed E-state index contributed by atoms with van der Waals surface area (Å²) in [7, 11) is 0. The minimum atomic E-state index is -0.285. The quantitative estimate of drug-likeness (QED) is 0.793. The lowest BCUT2D eigenvalue weighted by molar-refractivity contribution is 0.246. The SMILES string of the molecule is OCc1ccc(C=Cc2nc3cc(F)ccc3s2)o1. The summed E-state index contributed by atoms with van der Waals surface area (Å²) in [6, 6.07) is 8.05. The van der Waals surface area contributed by atoms with Crippen LogP contribution in [0, 0.1) is 5.82 Å². The van der Waals surface area contributed by atoms with Crippen LogP contribution in [0.15, 0.2) is 34.7 Å². The van der Waals surface area contributed by atoms with Crippen molar-refractivity contribution in [1.29, 1.82) is 0 Å². The first-order valence-electron chi connectivity index (χ1n) is 5.68. The third kappa shape index (κ3) is 2.57. The predicted octanol–water partition coefficient (Wildman–Crippen LogP) is 3.69. The van der Waals surface area contributed by atoms with E-state index in [9.17, 15) is 4.39 Å². The van der Waals surface area contributed by atoms with Gasteiger partial charge < -0.3 is 9.52 Å². The molecule has 0 spiro atoms. The lowest BCUT2D eigenvalue weighted by atomic mass is 10.3. The van der Waals surface area contributed by atoms with Gasteiger partial charge in [0.1, 0.15) is 29.0 Å². The standard InChI is InChI=1S/C14H10FNO2S/c15-9-1-5-13-12(7-9)16-14(19-13)6-4-10-2-3-11(8-17)18-10/h1-7,17H,8H2. The van der Waals surface area contributed by atoms with Crippen LogP contribution in [0.1, 0.15) is 16.5 Å². The van der Waals surface area contributed by atoms with Gasteiger partial charge in [0.2, 0.25) is 0 Å². The van der Waals surface area contributed by atoms with E-state index in [1.165, 1.54) is 23.5 Å². The van der Waals surface area contributed by atoms with E-state index in [1.54, 1.807) is 24.3 Å². The third-order valence-electron chi connectivity index (χ3n) is 2.59. The van der Waals surface area contributed by atoms with Crippen molar-refractivity contribution in [1.82, 2.24) is 4.98 Å². The van der Waals surface area contributed by atoms with E-state index in [4.69, 9.17) is 9.52 Å². The molecule has 96 valence electrons. The number of benzene rings is 1. The Hall–Kier alpha value is -1.98. The van der Waals surface area contributed by atoms with Crippen LogP contribution >= 0.6 is 11.3 Å². The monoisotopic (exact) mass is 275 g/mol. The van der Waals surface area contributed by atoms with Crippen molar-refractivity contribution in [3.05, 3.63) is 52.7 Å². The number of nitrogens with zero attached hydrogens (tertiary/aromatic N) is 1. The third-order valence-corrected chi connectivity index (χ3v) is 3.60. The molecule has 2 aromatic heterocycles. The first kappa shape index (κ1) is 12.1. The number of hydrogen-bond donors (Lipinski definition) is 1. The lowest BCUT2D eigenvalue weighted by Crippen LogP contribution is -1.74. The Balaban J connectivity index is 1.88. The molecule has 0 aliphatic heterocycles. The molecule has 0 saturated carbocycles. The normalized spacial score (nSPS) is 11.7. The zero-order valence-corrected chi connectivity index (χ0v) is 10.7. The van der Waals surface area contributed by atoms with Crippen molar-refractivity contribution in [3.8, 4) is 0 Å². The molecule has 0 saturated heterocycles. The molecule has 0 bridgehead atoms. The van der Waals surface area contributed by atoms with Gasteiger partial charge in [0.25, 0.3) is 0 Å². The van der Waals surface area contributed by atoms with E-state index in [0.717, 1.165) is 9.71 Å². The number of aliphatic hydroxyl groups is 1. The van der Waals surface area contributed by atoms with Gasteiger partial charge in [0.15, 0.2) is 0 Å². The summed E-state index contributed by atoms with van der Waals surface area (Å²) >= 11 is 1.48. The molecule has 3 rings (SSSR count). The van der Waals surface area contributed by atoms with Crippen molar-refractivity contribution in [3.63, 3.8) is 0 Å². The van der Waals surface area contributed by atoms with E-state index >= 15 is 0 Å². The molecule has 0 fully saturated rings. The van der Waals surface area contributed by atoms with Crippen LogP contribution in [-0.4, -0.2) is 10.1 Å². The minimum absolute atomic E-state index is 0.117. The Morgan fingerprint density at radius 2 is 2.16 bits per heavy atom. The summed E-state index contributed by atoms with van der Waals surface area (Å²) in [6.45, 7) is -0.117. The fraction of sp³-hybridized carbons (Fsp3) is 0.0714. The number of hydrogen-bond acceptors (Lipinski definition) is 4. The Morgan fingerprint density at radius 1 is 1.26 bits per heavy atom. The van der Waals surface area contributed by atoms with E-state index in [-0.39, 0.29) is 12.4 Å². The van der Waals surface area contributed by atoms with Gasteiger partial charge in [-0.3, -0.25) is 0 Å². The molecule has 0 unspecified atom stereocenters. The Labute approximate surface area is 112 Å². The largest absolute Gasteiger partial charge is 0.459 e. The summed E-state index contributed by atoms with van der Waals surface area (Å²) in [5, 5.41) is 9.67. The summed E-state index contributed by atoms with van der Waals surface area (Å²) in [5.74, 6) is 0.882. The minimum Gasteiger partial charge on any atom is -0.459 e. The summed E-state index contributed by atoms with van der Waals surface area (Å²) in [6.07, 6.45) is 3.58. The Morgan fingerprint density at radius 3 is 2.95 bits per heavy atom. The van der Waals surface area contributed by atoms with E-state index in [0.29, 0.717) is 17.0 Å². The Bertz CT molecular complexity index is 745. The zero-order chi connectivity index (χ0) is 13.2. The van der Waals surface area contributed by atoms with Crippen LogP contribution < -0.4 is 0 Å². The van der Waals surface area contributed by atoms with E-state index in [1.807, 2.05) is 6.08 Å². The maximum absolute atomic E-state index is 13.0. The second-order valence-corrected chi connectivity index (χ2v) is 5.02. The van der Waals surface area contributed by atoms with Crippen LogP contribution in [0.4, 0.5) is 4.39 Å². The average molecular weight is 275 g/mol. The van der Waals surface area contributed by atoms with E-state index in [2.05, 4.69) is 4.98 Å². The van der Waals surface area contributed by atoms with Gasteiger partial charge in [-0.25, -0.2) is 9.37 Å².